The molecule has 0 unspecified atom stereocenters. The van der Waals surface area contributed by atoms with Crippen molar-refractivity contribution in [2.24, 2.45) is 10.9 Å². The van der Waals surface area contributed by atoms with Crippen molar-refractivity contribution in [1.29, 1.82) is 0 Å². The number of aliphatic imine (C=N–C) groups is 1. The summed E-state index contributed by atoms with van der Waals surface area (Å²) in [4.78, 5) is 20.8. The molecule has 4 nitrogen and oxygen atoms in total. The zero-order valence-electron chi connectivity index (χ0n) is 16.2. The fourth-order valence-electron chi connectivity index (χ4n) is 3.91. The van der Waals surface area contributed by atoms with Crippen LogP contribution in [0.1, 0.15) is 38.2 Å². The molecule has 29 heavy (non-hydrogen) atoms. The van der Waals surface area contributed by atoms with E-state index in [1.54, 1.807) is 12.1 Å². The molecule has 2 atom stereocenters. The number of hydrogen-bond donors (Lipinski definition) is 1. The summed E-state index contributed by atoms with van der Waals surface area (Å²) in [5.74, 6) is 0.658. The van der Waals surface area contributed by atoms with Crippen molar-refractivity contribution in [3.63, 3.8) is 0 Å². The number of nitrogens with zero attached hydrogens (tertiary/aromatic N) is 2. The second-order valence-electron chi connectivity index (χ2n) is 7.56. The molecule has 1 heterocycles. The van der Waals surface area contributed by atoms with E-state index in [9.17, 15) is 9.90 Å². The molecule has 150 valence electrons. The molecule has 1 saturated heterocycles. The van der Waals surface area contributed by atoms with E-state index >= 15 is 0 Å². The van der Waals surface area contributed by atoms with Gasteiger partial charge in [-0.15, -0.1) is 0 Å². The number of amidine groups is 1. The third kappa shape index (κ3) is 4.43. The minimum atomic E-state index is 0.0210. The van der Waals surface area contributed by atoms with Gasteiger partial charge in [-0.25, -0.2) is 4.99 Å². The lowest BCUT2D eigenvalue weighted by atomic mass is 9.85. The van der Waals surface area contributed by atoms with E-state index in [-0.39, 0.29) is 17.7 Å². The SMILES string of the molecule is C[C@@H]1CCCC[C@H]1N1C(=O)/C(=C/c2ccc(O)c(Br)c2)SC1=Nc1ccccc1. The van der Waals surface area contributed by atoms with E-state index in [0.29, 0.717) is 15.3 Å². The van der Waals surface area contributed by atoms with Crippen LogP contribution in [0.15, 0.2) is 62.9 Å². The van der Waals surface area contributed by atoms with Gasteiger partial charge in [-0.1, -0.05) is 44.0 Å². The Morgan fingerprint density at radius 3 is 2.66 bits per heavy atom. The van der Waals surface area contributed by atoms with Crippen LogP contribution in [0.3, 0.4) is 0 Å². The molecule has 6 heteroatoms. The topological polar surface area (TPSA) is 52.9 Å². The van der Waals surface area contributed by atoms with Crippen molar-refractivity contribution in [2.45, 2.75) is 38.6 Å². The van der Waals surface area contributed by atoms with Crippen LogP contribution in [0.25, 0.3) is 6.08 Å². The van der Waals surface area contributed by atoms with Gasteiger partial charge in [0.25, 0.3) is 5.91 Å². The Morgan fingerprint density at radius 2 is 1.93 bits per heavy atom. The lowest BCUT2D eigenvalue weighted by Crippen LogP contribution is -2.44. The van der Waals surface area contributed by atoms with Crippen LogP contribution >= 0.6 is 27.7 Å². The van der Waals surface area contributed by atoms with Gasteiger partial charge in [-0.2, -0.15) is 0 Å². The van der Waals surface area contributed by atoms with Gasteiger partial charge in [0.05, 0.1) is 15.1 Å². The molecule has 2 aromatic rings. The smallest absolute Gasteiger partial charge is 0.267 e. The molecule has 1 aliphatic carbocycles. The summed E-state index contributed by atoms with van der Waals surface area (Å²) in [6.07, 6.45) is 6.40. The molecular formula is C23H23BrN2O2S. The summed E-state index contributed by atoms with van der Waals surface area (Å²) in [6, 6.07) is 15.2. The monoisotopic (exact) mass is 470 g/mol. The normalized spacial score (nSPS) is 25.2. The number of amides is 1. The number of phenolic OH excluding ortho intramolecular Hbond substituents is 1. The molecule has 4 rings (SSSR count). The van der Waals surface area contributed by atoms with Gasteiger partial charge in [0.2, 0.25) is 0 Å². The van der Waals surface area contributed by atoms with Gasteiger partial charge in [0.15, 0.2) is 5.17 Å². The summed E-state index contributed by atoms with van der Waals surface area (Å²) in [6.45, 7) is 2.24. The molecule has 0 bridgehead atoms. The minimum Gasteiger partial charge on any atom is -0.507 e. The third-order valence-electron chi connectivity index (χ3n) is 5.49. The number of thioether (sulfide) groups is 1. The number of rotatable bonds is 3. The zero-order chi connectivity index (χ0) is 20.4. The quantitative estimate of drug-likeness (QED) is 0.532. The van der Waals surface area contributed by atoms with E-state index in [0.717, 1.165) is 35.7 Å². The predicted octanol–water partition coefficient (Wildman–Crippen LogP) is 6.34. The van der Waals surface area contributed by atoms with Crippen LogP contribution in [0, 0.1) is 5.92 Å². The van der Waals surface area contributed by atoms with Crippen LogP contribution in [-0.4, -0.2) is 27.1 Å². The molecule has 0 aromatic heterocycles. The third-order valence-corrected chi connectivity index (χ3v) is 7.10. The first-order valence-electron chi connectivity index (χ1n) is 9.88. The first kappa shape index (κ1) is 20.2. The number of halogens is 1. The van der Waals surface area contributed by atoms with Crippen LogP contribution in [0.4, 0.5) is 5.69 Å². The molecule has 2 aliphatic rings. The van der Waals surface area contributed by atoms with E-state index in [1.165, 1.54) is 18.2 Å². The molecule has 1 amide bonds. The molecule has 2 fully saturated rings. The number of hydrogen-bond acceptors (Lipinski definition) is 4. The number of para-hydroxylation sites is 1. The summed E-state index contributed by atoms with van der Waals surface area (Å²) in [7, 11) is 0. The van der Waals surface area contributed by atoms with Crippen LogP contribution in [0.5, 0.6) is 5.75 Å². The van der Waals surface area contributed by atoms with Crippen molar-refractivity contribution in [2.75, 3.05) is 0 Å². The zero-order valence-corrected chi connectivity index (χ0v) is 18.6. The van der Waals surface area contributed by atoms with Gasteiger partial charge < -0.3 is 5.11 Å². The van der Waals surface area contributed by atoms with E-state index in [4.69, 9.17) is 4.99 Å². The Morgan fingerprint density at radius 1 is 1.17 bits per heavy atom. The standard InChI is InChI=1S/C23H23BrN2O2S/c1-15-7-5-6-10-19(15)26-22(28)21(14-16-11-12-20(27)18(24)13-16)29-23(26)25-17-8-3-2-4-9-17/h2-4,8-9,11-15,19,27H,5-7,10H2,1H3/b21-14-,25-23?/t15-,19-/m1/s1. The maximum atomic E-state index is 13.4. The molecule has 1 saturated carbocycles. The van der Waals surface area contributed by atoms with Crippen molar-refractivity contribution in [3.05, 3.63) is 63.5 Å². The number of phenols is 1. The number of carbonyl (C=O) groups is 1. The van der Waals surface area contributed by atoms with Crippen molar-refractivity contribution in [3.8, 4) is 5.75 Å². The lowest BCUT2D eigenvalue weighted by Gasteiger charge is -2.35. The van der Waals surface area contributed by atoms with Crippen LogP contribution < -0.4 is 0 Å². The fourth-order valence-corrected chi connectivity index (χ4v) is 5.36. The first-order valence-corrected chi connectivity index (χ1v) is 11.5. The summed E-state index contributed by atoms with van der Waals surface area (Å²) in [5.41, 5.74) is 1.72. The number of aromatic hydroxyl groups is 1. The second kappa shape index (κ2) is 8.76. The average Bonchev–Trinajstić information content (AvgIpc) is 3.01. The van der Waals surface area contributed by atoms with Crippen LogP contribution in [0.2, 0.25) is 0 Å². The van der Waals surface area contributed by atoms with Crippen molar-refractivity contribution in [1.82, 2.24) is 4.90 Å². The van der Waals surface area contributed by atoms with E-state index < -0.39 is 0 Å². The lowest BCUT2D eigenvalue weighted by molar-refractivity contribution is -0.124. The summed E-state index contributed by atoms with van der Waals surface area (Å²) >= 11 is 4.78. The van der Waals surface area contributed by atoms with Crippen molar-refractivity contribution < 1.29 is 9.90 Å². The largest absolute Gasteiger partial charge is 0.507 e. The molecule has 1 N–H and O–H groups in total. The average molecular weight is 471 g/mol. The Hall–Kier alpha value is -2.05. The molecule has 0 spiro atoms. The Kier molecular flexibility index (Phi) is 6.11. The van der Waals surface area contributed by atoms with Gasteiger partial charge in [-0.3, -0.25) is 9.69 Å². The van der Waals surface area contributed by atoms with E-state index in [2.05, 4.69) is 22.9 Å². The van der Waals surface area contributed by atoms with Crippen molar-refractivity contribution >= 4 is 50.5 Å². The van der Waals surface area contributed by atoms with Gasteiger partial charge in [-0.05, 0) is 82.4 Å². The Balaban J connectivity index is 1.72. The van der Waals surface area contributed by atoms with Gasteiger partial charge in [0.1, 0.15) is 5.75 Å². The first-order chi connectivity index (χ1) is 14.0. The van der Waals surface area contributed by atoms with Gasteiger partial charge in [0, 0.05) is 6.04 Å². The van der Waals surface area contributed by atoms with Crippen LogP contribution in [-0.2, 0) is 4.79 Å². The highest BCUT2D eigenvalue weighted by atomic mass is 79.9. The van der Waals surface area contributed by atoms with E-state index in [1.807, 2.05) is 47.4 Å². The fraction of sp³-hybridized carbons (Fsp3) is 0.304. The molecule has 0 radical (unpaired) electrons. The maximum absolute atomic E-state index is 13.4. The molecule has 1 aliphatic heterocycles. The summed E-state index contributed by atoms with van der Waals surface area (Å²) in [5, 5.41) is 10.5. The number of carbonyl (C=O) groups excluding carboxylic acids is 1. The number of benzene rings is 2. The highest BCUT2D eigenvalue weighted by Gasteiger charge is 2.41. The molecular weight excluding hydrogens is 448 g/mol. The Labute approximate surface area is 183 Å². The Bertz CT molecular complexity index is 974. The summed E-state index contributed by atoms with van der Waals surface area (Å²) < 4.78 is 0.609. The maximum Gasteiger partial charge on any atom is 0.267 e. The highest BCUT2D eigenvalue weighted by Crippen LogP contribution is 2.40. The minimum absolute atomic E-state index is 0.0210. The highest BCUT2D eigenvalue weighted by molar-refractivity contribution is 9.10. The second-order valence-corrected chi connectivity index (χ2v) is 9.42. The molecule has 2 aromatic carbocycles. The predicted molar refractivity (Wildman–Crippen MR) is 123 cm³/mol. The van der Waals surface area contributed by atoms with Gasteiger partial charge >= 0.3 is 0 Å².